The van der Waals surface area contributed by atoms with Crippen molar-refractivity contribution >= 4 is 10.0 Å². The van der Waals surface area contributed by atoms with E-state index >= 15 is 0 Å². The van der Waals surface area contributed by atoms with Gasteiger partial charge in [0, 0.05) is 19.6 Å². The minimum absolute atomic E-state index is 0.148. The number of nitrogens with zero attached hydrogens (tertiary/aromatic N) is 1. The van der Waals surface area contributed by atoms with Crippen LogP contribution < -0.4 is 5.73 Å². The van der Waals surface area contributed by atoms with Gasteiger partial charge >= 0.3 is 0 Å². The second-order valence-electron chi connectivity index (χ2n) is 3.47. The molecule has 14 heavy (non-hydrogen) atoms. The van der Waals surface area contributed by atoms with Crippen molar-refractivity contribution in [3.8, 4) is 0 Å². The Morgan fingerprint density at radius 2 is 2.07 bits per heavy atom. The molecule has 84 valence electrons. The molecule has 0 saturated carbocycles. The number of sulfonamides is 1. The van der Waals surface area contributed by atoms with Crippen molar-refractivity contribution < 1.29 is 8.42 Å². The molecule has 0 saturated heterocycles. The topological polar surface area (TPSA) is 63.4 Å². The molecule has 0 aromatic carbocycles. The van der Waals surface area contributed by atoms with Crippen LogP contribution in [0.1, 0.15) is 20.8 Å². The zero-order valence-electron chi connectivity index (χ0n) is 9.16. The van der Waals surface area contributed by atoms with Crippen LogP contribution in [0.25, 0.3) is 0 Å². The van der Waals surface area contributed by atoms with Gasteiger partial charge in [-0.3, -0.25) is 0 Å². The van der Waals surface area contributed by atoms with Crippen LogP contribution in [0.3, 0.4) is 0 Å². The molecule has 0 fully saturated rings. The van der Waals surface area contributed by atoms with E-state index in [4.69, 9.17) is 5.73 Å². The van der Waals surface area contributed by atoms with Gasteiger partial charge in [-0.2, -0.15) is 4.31 Å². The van der Waals surface area contributed by atoms with E-state index in [0.29, 0.717) is 13.1 Å². The van der Waals surface area contributed by atoms with E-state index in [2.05, 4.69) is 6.58 Å². The summed E-state index contributed by atoms with van der Waals surface area (Å²) in [5, 5.41) is -0.526. The quantitative estimate of drug-likeness (QED) is 0.665. The van der Waals surface area contributed by atoms with Gasteiger partial charge in [0.2, 0.25) is 10.0 Å². The molecule has 1 unspecified atom stereocenters. The lowest BCUT2D eigenvalue weighted by molar-refractivity contribution is 0.444. The average molecular weight is 220 g/mol. The number of rotatable bonds is 6. The first-order valence-corrected chi connectivity index (χ1v) is 6.20. The maximum absolute atomic E-state index is 11.8. The lowest BCUT2D eigenvalue weighted by atomic mass is 10.3. The molecule has 0 amide bonds. The molecule has 0 radical (unpaired) electrons. The summed E-state index contributed by atoms with van der Waals surface area (Å²) in [6.45, 7) is 9.93. The molecule has 0 aliphatic carbocycles. The lowest BCUT2D eigenvalue weighted by Gasteiger charge is -2.23. The summed E-state index contributed by atoms with van der Waals surface area (Å²) in [7, 11) is -3.25. The van der Waals surface area contributed by atoms with Crippen molar-refractivity contribution in [1.82, 2.24) is 4.31 Å². The minimum Gasteiger partial charge on any atom is -0.329 e. The molecular formula is C9H20N2O2S. The van der Waals surface area contributed by atoms with Gasteiger partial charge in [0.15, 0.2) is 0 Å². The van der Waals surface area contributed by atoms with Gasteiger partial charge in [0.25, 0.3) is 0 Å². The van der Waals surface area contributed by atoms with Crippen molar-refractivity contribution in [3.63, 3.8) is 0 Å². The first-order chi connectivity index (χ1) is 6.36. The third-order valence-electron chi connectivity index (χ3n) is 2.00. The fraction of sp³-hybridized carbons (Fsp3) is 0.778. The molecule has 4 nitrogen and oxygen atoms in total. The Labute approximate surface area is 86.8 Å². The van der Waals surface area contributed by atoms with Gasteiger partial charge < -0.3 is 5.73 Å². The fourth-order valence-corrected chi connectivity index (χ4v) is 2.57. The fourth-order valence-electron chi connectivity index (χ4n) is 1.06. The summed E-state index contributed by atoms with van der Waals surface area (Å²) in [5.41, 5.74) is 6.19. The third-order valence-corrected chi connectivity index (χ3v) is 4.32. The summed E-state index contributed by atoms with van der Waals surface area (Å²) in [6, 6.07) is 0. The van der Waals surface area contributed by atoms with Gasteiger partial charge in [-0.25, -0.2) is 8.42 Å². The molecule has 0 aromatic heterocycles. The predicted molar refractivity (Wildman–Crippen MR) is 59.5 cm³/mol. The molecule has 0 aromatic rings. The van der Waals surface area contributed by atoms with Gasteiger partial charge in [-0.1, -0.05) is 19.1 Å². The zero-order valence-corrected chi connectivity index (χ0v) is 9.97. The number of nitrogens with two attached hydrogens (primary N) is 1. The van der Waals surface area contributed by atoms with Gasteiger partial charge in [0.1, 0.15) is 0 Å². The van der Waals surface area contributed by atoms with Crippen molar-refractivity contribution in [2.45, 2.75) is 26.0 Å². The largest absolute Gasteiger partial charge is 0.329 e. The zero-order chi connectivity index (χ0) is 11.4. The maximum atomic E-state index is 11.8. The molecule has 2 N–H and O–H groups in total. The number of hydrogen-bond donors (Lipinski definition) is 1. The van der Waals surface area contributed by atoms with Crippen molar-refractivity contribution in [2.24, 2.45) is 5.73 Å². The number of hydrogen-bond acceptors (Lipinski definition) is 3. The van der Waals surface area contributed by atoms with E-state index in [1.807, 2.05) is 13.8 Å². The second-order valence-corrected chi connectivity index (χ2v) is 5.83. The minimum atomic E-state index is -3.25. The smallest absolute Gasteiger partial charge is 0.218 e. The molecule has 1 atom stereocenters. The van der Waals surface area contributed by atoms with E-state index in [9.17, 15) is 8.42 Å². The Hall–Kier alpha value is -0.390. The molecule has 0 aliphatic heterocycles. The summed E-state index contributed by atoms with van der Waals surface area (Å²) in [4.78, 5) is 0. The molecular weight excluding hydrogens is 200 g/mol. The Balaban J connectivity index is 4.75. The molecule has 0 aliphatic rings. The Morgan fingerprint density at radius 1 is 1.57 bits per heavy atom. The Morgan fingerprint density at radius 3 is 2.36 bits per heavy atom. The molecule has 5 heteroatoms. The highest BCUT2D eigenvalue weighted by atomic mass is 32.2. The van der Waals surface area contributed by atoms with Crippen LogP contribution in [0, 0.1) is 0 Å². The Bertz CT molecular complexity index is 285. The van der Waals surface area contributed by atoms with E-state index < -0.39 is 15.3 Å². The summed E-state index contributed by atoms with van der Waals surface area (Å²) in [5.74, 6) is 0. The Kier molecular flexibility index (Phi) is 5.33. The van der Waals surface area contributed by atoms with Crippen molar-refractivity contribution in [3.05, 3.63) is 12.2 Å². The van der Waals surface area contributed by atoms with Gasteiger partial charge in [0.05, 0.1) is 5.25 Å². The lowest BCUT2D eigenvalue weighted by Crippen LogP contribution is -2.41. The van der Waals surface area contributed by atoms with Gasteiger partial charge in [-0.05, 0) is 13.8 Å². The van der Waals surface area contributed by atoms with Crippen LogP contribution in [0.5, 0.6) is 0 Å². The van der Waals surface area contributed by atoms with E-state index in [0.717, 1.165) is 5.57 Å². The van der Waals surface area contributed by atoms with Crippen LogP contribution in [-0.4, -0.2) is 37.6 Å². The SMILES string of the molecule is C=C(C)CN(CC)S(=O)(=O)C(C)CN. The van der Waals surface area contributed by atoms with Crippen LogP contribution in [0.4, 0.5) is 0 Å². The highest BCUT2D eigenvalue weighted by molar-refractivity contribution is 7.89. The maximum Gasteiger partial charge on any atom is 0.218 e. The highest BCUT2D eigenvalue weighted by Crippen LogP contribution is 2.09. The van der Waals surface area contributed by atoms with E-state index in [1.54, 1.807) is 6.92 Å². The first kappa shape index (κ1) is 13.6. The molecule has 0 bridgehead atoms. The van der Waals surface area contributed by atoms with E-state index in [1.165, 1.54) is 4.31 Å². The van der Waals surface area contributed by atoms with Crippen molar-refractivity contribution in [1.29, 1.82) is 0 Å². The molecule has 0 rings (SSSR count). The monoisotopic (exact) mass is 220 g/mol. The van der Waals surface area contributed by atoms with Crippen molar-refractivity contribution in [2.75, 3.05) is 19.6 Å². The average Bonchev–Trinajstić information content (AvgIpc) is 2.12. The normalized spacial score (nSPS) is 14.4. The standard InChI is InChI=1S/C9H20N2O2S/c1-5-11(7-8(2)3)14(12,13)9(4)6-10/h9H,2,5-7,10H2,1,3-4H3. The van der Waals surface area contributed by atoms with Crippen LogP contribution in [0.2, 0.25) is 0 Å². The predicted octanol–water partition coefficient (Wildman–Crippen LogP) is 0.561. The highest BCUT2D eigenvalue weighted by Gasteiger charge is 2.26. The summed E-state index contributed by atoms with van der Waals surface area (Å²) < 4.78 is 25.1. The van der Waals surface area contributed by atoms with Crippen LogP contribution in [-0.2, 0) is 10.0 Å². The number of likely N-dealkylation sites (N-methyl/N-ethyl adjacent to an activating group) is 1. The van der Waals surface area contributed by atoms with Crippen LogP contribution in [0.15, 0.2) is 12.2 Å². The third kappa shape index (κ3) is 3.40. The molecule has 0 spiro atoms. The first-order valence-electron chi connectivity index (χ1n) is 4.69. The van der Waals surface area contributed by atoms with Gasteiger partial charge in [-0.15, -0.1) is 0 Å². The van der Waals surface area contributed by atoms with Crippen LogP contribution >= 0.6 is 0 Å². The summed E-state index contributed by atoms with van der Waals surface area (Å²) >= 11 is 0. The molecule has 0 heterocycles. The second kappa shape index (κ2) is 5.48. The summed E-state index contributed by atoms with van der Waals surface area (Å²) in [6.07, 6.45) is 0. The van der Waals surface area contributed by atoms with E-state index in [-0.39, 0.29) is 6.54 Å².